The Morgan fingerprint density at radius 2 is 2.00 bits per heavy atom. The molecule has 0 radical (unpaired) electrons. The van der Waals surface area contributed by atoms with Crippen LogP contribution in [-0.2, 0) is 4.79 Å². The number of hydrogen-bond donors (Lipinski definition) is 1. The van der Waals surface area contributed by atoms with Crippen LogP contribution in [-0.4, -0.2) is 41.6 Å². The summed E-state index contributed by atoms with van der Waals surface area (Å²) >= 11 is 0. The van der Waals surface area contributed by atoms with E-state index >= 15 is 0 Å². The third-order valence-electron chi connectivity index (χ3n) is 3.93. The summed E-state index contributed by atoms with van der Waals surface area (Å²) in [6, 6.07) is 4.73. The van der Waals surface area contributed by atoms with Crippen LogP contribution in [0.15, 0.2) is 18.2 Å². The lowest BCUT2D eigenvalue weighted by molar-refractivity contribution is -0.134. The van der Waals surface area contributed by atoms with E-state index < -0.39 is 5.97 Å². The van der Waals surface area contributed by atoms with Gasteiger partial charge in [0.2, 0.25) is 0 Å². The maximum atomic E-state index is 12.0. The predicted molar refractivity (Wildman–Crippen MR) is 78.6 cm³/mol. The van der Waals surface area contributed by atoms with Crippen molar-refractivity contribution >= 4 is 11.9 Å². The van der Waals surface area contributed by atoms with Crippen molar-refractivity contribution < 1.29 is 19.4 Å². The van der Waals surface area contributed by atoms with E-state index in [1.807, 2.05) is 4.90 Å². The predicted octanol–water partition coefficient (Wildman–Crippen LogP) is 2.33. The van der Waals surface area contributed by atoms with Gasteiger partial charge in [-0.1, -0.05) is 6.92 Å². The van der Waals surface area contributed by atoms with Crippen molar-refractivity contribution in [3.05, 3.63) is 29.3 Å². The summed E-state index contributed by atoms with van der Waals surface area (Å²) in [5, 5.41) is 8.96. The van der Waals surface area contributed by atoms with E-state index in [9.17, 15) is 9.59 Å². The summed E-state index contributed by atoms with van der Waals surface area (Å²) in [7, 11) is 0. The lowest BCUT2D eigenvalue weighted by Gasteiger charge is -2.30. The van der Waals surface area contributed by atoms with Crippen LogP contribution < -0.4 is 4.74 Å². The molecular formula is C16H21NO4. The first kappa shape index (κ1) is 15.4. The topological polar surface area (TPSA) is 66.8 Å². The molecule has 5 nitrogen and oxygen atoms in total. The highest BCUT2D eigenvalue weighted by atomic mass is 16.5. The number of benzene rings is 1. The highest BCUT2D eigenvalue weighted by Crippen LogP contribution is 2.19. The lowest BCUT2D eigenvalue weighted by atomic mass is 9.99. The van der Waals surface area contributed by atoms with Crippen molar-refractivity contribution in [3.8, 4) is 5.75 Å². The van der Waals surface area contributed by atoms with Gasteiger partial charge in [-0.3, -0.25) is 4.79 Å². The van der Waals surface area contributed by atoms with Gasteiger partial charge in [0.15, 0.2) is 6.61 Å². The molecule has 0 atom stereocenters. The van der Waals surface area contributed by atoms with E-state index in [0.29, 0.717) is 17.2 Å². The number of amides is 1. The molecule has 1 N–H and O–H groups in total. The second kappa shape index (κ2) is 6.61. The molecule has 0 unspecified atom stereocenters. The summed E-state index contributed by atoms with van der Waals surface area (Å²) in [6.45, 7) is 5.50. The SMILES string of the molecule is Cc1cc(OCC(=O)N2CCC(C)CC2)ccc1C(=O)O. The molecule has 0 bridgehead atoms. The molecule has 114 valence electrons. The summed E-state index contributed by atoms with van der Waals surface area (Å²) in [6.07, 6.45) is 2.08. The zero-order chi connectivity index (χ0) is 15.4. The lowest BCUT2D eigenvalue weighted by Crippen LogP contribution is -2.40. The van der Waals surface area contributed by atoms with Gasteiger partial charge in [-0.25, -0.2) is 4.79 Å². The molecule has 5 heteroatoms. The number of hydrogen-bond acceptors (Lipinski definition) is 3. The molecule has 1 aliphatic heterocycles. The van der Waals surface area contributed by atoms with Crippen molar-refractivity contribution in [2.75, 3.05) is 19.7 Å². The Labute approximate surface area is 124 Å². The fourth-order valence-corrected chi connectivity index (χ4v) is 2.46. The Kier molecular flexibility index (Phi) is 4.83. The second-order valence-electron chi connectivity index (χ2n) is 5.63. The molecule has 2 rings (SSSR count). The first-order valence-electron chi connectivity index (χ1n) is 7.22. The quantitative estimate of drug-likeness (QED) is 0.924. The smallest absolute Gasteiger partial charge is 0.335 e. The fraction of sp³-hybridized carbons (Fsp3) is 0.500. The van der Waals surface area contributed by atoms with Crippen LogP contribution in [0.3, 0.4) is 0 Å². The fourth-order valence-electron chi connectivity index (χ4n) is 2.46. The minimum Gasteiger partial charge on any atom is -0.484 e. The summed E-state index contributed by atoms with van der Waals surface area (Å²) in [4.78, 5) is 24.8. The molecule has 0 aromatic heterocycles. The number of carboxylic acid groups (broad SMARTS) is 1. The first-order valence-corrected chi connectivity index (χ1v) is 7.22. The van der Waals surface area contributed by atoms with Crippen LogP contribution in [0.1, 0.15) is 35.7 Å². The molecule has 1 heterocycles. The molecule has 1 saturated heterocycles. The maximum Gasteiger partial charge on any atom is 0.335 e. The zero-order valence-corrected chi connectivity index (χ0v) is 12.5. The van der Waals surface area contributed by atoms with Gasteiger partial charge in [-0.05, 0) is 49.4 Å². The van der Waals surface area contributed by atoms with Crippen LogP contribution in [0.2, 0.25) is 0 Å². The number of carbonyl (C=O) groups is 2. The number of piperidine rings is 1. The largest absolute Gasteiger partial charge is 0.484 e. The molecular weight excluding hydrogens is 270 g/mol. The minimum absolute atomic E-state index is 0.000237. The van der Waals surface area contributed by atoms with E-state index in [2.05, 4.69) is 6.92 Å². The van der Waals surface area contributed by atoms with E-state index in [0.717, 1.165) is 25.9 Å². The summed E-state index contributed by atoms with van der Waals surface area (Å²) in [5.74, 6) is 0.233. The van der Waals surface area contributed by atoms with Crippen LogP contribution in [0.25, 0.3) is 0 Å². The molecule has 1 aromatic rings. The molecule has 1 aromatic carbocycles. The zero-order valence-electron chi connectivity index (χ0n) is 12.5. The van der Waals surface area contributed by atoms with Crippen LogP contribution >= 0.6 is 0 Å². The van der Waals surface area contributed by atoms with Gasteiger partial charge in [-0.15, -0.1) is 0 Å². The van der Waals surface area contributed by atoms with Crippen molar-refractivity contribution in [1.29, 1.82) is 0 Å². The Hall–Kier alpha value is -2.04. The molecule has 0 spiro atoms. The molecule has 0 saturated carbocycles. The van der Waals surface area contributed by atoms with Crippen LogP contribution in [0.4, 0.5) is 0 Å². The normalized spacial score (nSPS) is 15.8. The highest BCUT2D eigenvalue weighted by Gasteiger charge is 2.20. The van der Waals surface area contributed by atoms with Gasteiger partial charge >= 0.3 is 5.97 Å². The van der Waals surface area contributed by atoms with E-state index in [1.54, 1.807) is 19.1 Å². The Morgan fingerprint density at radius 3 is 2.57 bits per heavy atom. The summed E-state index contributed by atoms with van der Waals surface area (Å²) in [5.41, 5.74) is 0.873. The van der Waals surface area contributed by atoms with Crippen LogP contribution in [0.5, 0.6) is 5.75 Å². The number of carbonyl (C=O) groups excluding carboxylic acids is 1. The number of carboxylic acids is 1. The number of aromatic carboxylic acids is 1. The standard InChI is InChI=1S/C16H21NO4/c1-11-5-7-17(8-6-11)15(18)10-21-13-3-4-14(16(19)20)12(2)9-13/h3-4,9,11H,5-8,10H2,1-2H3,(H,19,20). The molecule has 1 amide bonds. The molecule has 21 heavy (non-hydrogen) atoms. The third-order valence-corrected chi connectivity index (χ3v) is 3.93. The number of ether oxygens (including phenoxy) is 1. The summed E-state index contributed by atoms with van der Waals surface area (Å²) < 4.78 is 5.48. The van der Waals surface area contributed by atoms with Crippen molar-refractivity contribution in [2.45, 2.75) is 26.7 Å². The van der Waals surface area contributed by atoms with Gasteiger partial charge in [0.25, 0.3) is 5.91 Å². The number of aryl methyl sites for hydroxylation is 1. The van der Waals surface area contributed by atoms with Crippen LogP contribution in [0, 0.1) is 12.8 Å². The highest BCUT2D eigenvalue weighted by molar-refractivity contribution is 5.89. The average molecular weight is 291 g/mol. The van der Waals surface area contributed by atoms with Gasteiger partial charge in [0.1, 0.15) is 5.75 Å². The maximum absolute atomic E-state index is 12.0. The average Bonchev–Trinajstić information content (AvgIpc) is 2.45. The van der Waals surface area contributed by atoms with Crippen molar-refractivity contribution in [1.82, 2.24) is 4.90 Å². The number of likely N-dealkylation sites (tertiary alicyclic amines) is 1. The van der Waals surface area contributed by atoms with E-state index in [1.165, 1.54) is 6.07 Å². The van der Waals surface area contributed by atoms with Crippen molar-refractivity contribution in [2.24, 2.45) is 5.92 Å². The van der Waals surface area contributed by atoms with E-state index in [-0.39, 0.29) is 18.1 Å². The van der Waals surface area contributed by atoms with E-state index in [4.69, 9.17) is 9.84 Å². The second-order valence-corrected chi connectivity index (χ2v) is 5.63. The first-order chi connectivity index (χ1) is 9.97. The molecule has 0 aliphatic carbocycles. The Bertz CT molecular complexity index is 533. The third kappa shape index (κ3) is 3.97. The Balaban J connectivity index is 1.89. The Morgan fingerprint density at radius 1 is 1.33 bits per heavy atom. The number of rotatable bonds is 4. The molecule has 1 fully saturated rings. The van der Waals surface area contributed by atoms with Gasteiger partial charge in [-0.2, -0.15) is 0 Å². The number of nitrogens with zero attached hydrogens (tertiary/aromatic N) is 1. The van der Waals surface area contributed by atoms with Gasteiger partial charge < -0.3 is 14.7 Å². The van der Waals surface area contributed by atoms with Gasteiger partial charge in [0.05, 0.1) is 5.56 Å². The molecule has 1 aliphatic rings. The minimum atomic E-state index is -0.961. The monoisotopic (exact) mass is 291 g/mol. The van der Waals surface area contributed by atoms with Crippen molar-refractivity contribution in [3.63, 3.8) is 0 Å². The van der Waals surface area contributed by atoms with Gasteiger partial charge in [0, 0.05) is 13.1 Å².